The van der Waals surface area contributed by atoms with E-state index < -0.39 is 0 Å². The first kappa shape index (κ1) is 15.3. The predicted octanol–water partition coefficient (Wildman–Crippen LogP) is 3.76. The van der Waals surface area contributed by atoms with E-state index in [2.05, 4.69) is 10.6 Å². The maximum atomic E-state index is 13.7. The minimum absolute atomic E-state index is 0.256. The third kappa shape index (κ3) is 3.73. The van der Waals surface area contributed by atoms with E-state index in [4.69, 9.17) is 11.6 Å². The number of anilines is 1. The van der Waals surface area contributed by atoms with Crippen molar-refractivity contribution in [3.63, 3.8) is 0 Å². The van der Waals surface area contributed by atoms with Gasteiger partial charge in [0.15, 0.2) is 0 Å². The van der Waals surface area contributed by atoms with Gasteiger partial charge in [-0.25, -0.2) is 4.39 Å². The Balaban J connectivity index is 2.17. The van der Waals surface area contributed by atoms with Gasteiger partial charge in [0.25, 0.3) is 5.91 Å². The van der Waals surface area contributed by atoms with E-state index in [1.165, 1.54) is 6.07 Å². The fourth-order valence-corrected chi connectivity index (χ4v) is 2.18. The molecule has 0 unspecified atom stereocenters. The van der Waals surface area contributed by atoms with Crippen LogP contribution in [0.25, 0.3) is 0 Å². The van der Waals surface area contributed by atoms with Gasteiger partial charge in [-0.05, 0) is 31.2 Å². The van der Waals surface area contributed by atoms with Gasteiger partial charge in [0.1, 0.15) is 5.82 Å². The molecule has 2 aromatic rings. The second-order valence-corrected chi connectivity index (χ2v) is 5.13. The molecule has 2 rings (SSSR count). The van der Waals surface area contributed by atoms with Crippen LogP contribution in [0.3, 0.4) is 0 Å². The van der Waals surface area contributed by atoms with E-state index in [-0.39, 0.29) is 11.7 Å². The topological polar surface area (TPSA) is 41.1 Å². The van der Waals surface area contributed by atoms with Gasteiger partial charge in [-0.3, -0.25) is 4.79 Å². The Morgan fingerprint density at radius 2 is 2.00 bits per heavy atom. The summed E-state index contributed by atoms with van der Waals surface area (Å²) in [6.07, 6.45) is 0. The molecule has 0 atom stereocenters. The Morgan fingerprint density at radius 3 is 2.71 bits per heavy atom. The Kier molecular flexibility index (Phi) is 4.81. The molecule has 0 aliphatic carbocycles. The molecule has 0 saturated carbocycles. The van der Waals surface area contributed by atoms with E-state index in [0.29, 0.717) is 28.4 Å². The summed E-state index contributed by atoms with van der Waals surface area (Å²) < 4.78 is 13.7. The van der Waals surface area contributed by atoms with Crippen molar-refractivity contribution in [2.45, 2.75) is 13.5 Å². The van der Waals surface area contributed by atoms with Crippen LogP contribution in [0.2, 0.25) is 5.02 Å². The number of carbonyl (C=O) groups excluding carboxylic acids is 1. The van der Waals surface area contributed by atoms with Gasteiger partial charge in [-0.2, -0.15) is 0 Å². The monoisotopic (exact) mass is 306 g/mol. The fourth-order valence-electron chi connectivity index (χ4n) is 1.98. The summed E-state index contributed by atoms with van der Waals surface area (Å²) in [5, 5.41) is 6.00. The fraction of sp³-hybridized carbons (Fsp3) is 0.188. The van der Waals surface area contributed by atoms with E-state index in [0.717, 1.165) is 5.56 Å². The molecular weight excluding hydrogens is 291 g/mol. The van der Waals surface area contributed by atoms with Gasteiger partial charge in [0, 0.05) is 24.8 Å². The Bertz CT molecular complexity index is 673. The lowest BCUT2D eigenvalue weighted by molar-refractivity contribution is 0.0963. The zero-order valence-corrected chi connectivity index (χ0v) is 12.6. The number of aryl methyl sites for hydroxylation is 1. The first-order valence-corrected chi connectivity index (χ1v) is 6.89. The van der Waals surface area contributed by atoms with E-state index in [1.807, 2.05) is 6.92 Å². The third-order valence-corrected chi connectivity index (χ3v) is 3.45. The average Bonchev–Trinajstić information content (AvgIpc) is 2.48. The van der Waals surface area contributed by atoms with Crippen molar-refractivity contribution in [3.8, 4) is 0 Å². The van der Waals surface area contributed by atoms with Crippen molar-refractivity contribution < 1.29 is 9.18 Å². The highest BCUT2D eigenvalue weighted by Gasteiger charge is 2.10. The highest BCUT2D eigenvalue weighted by Crippen LogP contribution is 2.21. The predicted molar refractivity (Wildman–Crippen MR) is 83.3 cm³/mol. The second kappa shape index (κ2) is 6.59. The first-order chi connectivity index (χ1) is 10.0. The molecule has 0 fully saturated rings. The summed E-state index contributed by atoms with van der Waals surface area (Å²) in [6, 6.07) is 10.0. The van der Waals surface area contributed by atoms with Gasteiger partial charge in [0.2, 0.25) is 0 Å². The lowest BCUT2D eigenvalue weighted by atomic mass is 10.1. The second-order valence-electron chi connectivity index (χ2n) is 4.72. The van der Waals surface area contributed by atoms with Crippen molar-refractivity contribution in [2.24, 2.45) is 0 Å². The maximum absolute atomic E-state index is 13.7. The summed E-state index contributed by atoms with van der Waals surface area (Å²) in [5.41, 5.74) is 2.66. The Labute approximate surface area is 128 Å². The lowest BCUT2D eigenvalue weighted by Gasteiger charge is -2.10. The lowest BCUT2D eigenvalue weighted by Crippen LogP contribution is -2.18. The maximum Gasteiger partial charge on any atom is 0.252 e. The highest BCUT2D eigenvalue weighted by molar-refractivity contribution is 6.34. The smallest absolute Gasteiger partial charge is 0.252 e. The Morgan fingerprint density at radius 1 is 1.24 bits per heavy atom. The van der Waals surface area contributed by atoms with Crippen molar-refractivity contribution in [1.82, 2.24) is 5.32 Å². The zero-order valence-electron chi connectivity index (χ0n) is 11.8. The van der Waals surface area contributed by atoms with Gasteiger partial charge in [-0.1, -0.05) is 29.3 Å². The third-order valence-electron chi connectivity index (χ3n) is 3.12. The van der Waals surface area contributed by atoms with Gasteiger partial charge < -0.3 is 10.6 Å². The molecule has 2 aromatic carbocycles. The van der Waals surface area contributed by atoms with Crippen LogP contribution >= 0.6 is 11.6 Å². The number of carbonyl (C=O) groups is 1. The number of amides is 1. The minimum atomic E-state index is -0.259. The number of benzene rings is 2. The molecule has 0 bridgehead atoms. The molecule has 3 nitrogen and oxygen atoms in total. The number of rotatable bonds is 4. The molecular formula is C16H16ClFN2O. The quantitative estimate of drug-likeness (QED) is 0.903. The summed E-state index contributed by atoms with van der Waals surface area (Å²) in [4.78, 5) is 11.7. The van der Waals surface area contributed by atoms with Crippen LogP contribution in [0, 0.1) is 12.7 Å². The SMILES string of the molecule is CNC(=O)c1cc(NCc2cc(C)ccc2F)ccc1Cl. The standard InChI is InChI=1S/C16H16ClFN2O/c1-10-3-6-15(18)11(7-10)9-20-12-4-5-14(17)13(8-12)16(21)19-2/h3-8,20H,9H2,1-2H3,(H,19,21). The largest absolute Gasteiger partial charge is 0.381 e. The number of halogens is 2. The zero-order chi connectivity index (χ0) is 15.4. The molecule has 5 heteroatoms. The van der Waals surface area contributed by atoms with Crippen LogP contribution in [0.4, 0.5) is 10.1 Å². The molecule has 110 valence electrons. The molecule has 0 spiro atoms. The summed E-state index contributed by atoms with van der Waals surface area (Å²) in [7, 11) is 1.54. The van der Waals surface area contributed by atoms with Gasteiger partial charge in [-0.15, -0.1) is 0 Å². The molecule has 0 aliphatic rings. The van der Waals surface area contributed by atoms with Crippen molar-refractivity contribution in [3.05, 3.63) is 63.9 Å². The van der Waals surface area contributed by atoms with Crippen LogP contribution < -0.4 is 10.6 Å². The van der Waals surface area contributed by atoms with E-state index in [1.54, 1.807) is 37.4 Å². The van der Waals surface area contributed by atoms with Gasteiger partial charge >= 0.3 is 0 Å². The van der Waals surface area contributed by atoms with E-state index in [9.17, 15) is 9.18 Å². The first-order valence-electron chi connectivity index (χ1n) is 6.52. The molecule has 0 heterocycles. The number of nitrogens with one attached hydrogen (secondary N) is 2. The molecule has 21 heavy (non-hydrogen) atoms. The average molecular weight is 307 g/mol. The normalized spacial score (nSPS) is 10.3. The highest BCUT2D eigenvalue weighted by atomic mass is 35.5. The minimum Gasteiger partial charge on any atom is -0.381 e. The summed E-state index contributed by atoms with van der Waals surface area (Å²) >= 11 is 5.98. The molecule has 0 aliphatic heterocycles. The van der Waals surface area contributed by atoms with Crippen LogP contribution in [0.1, 0.15) is 21.5 Å². The van der Waals surface area contributed by atoms with E-state index >= 15 is 0 Å². The van der Waals surface area contributed by atoms with Crippen LogP contribution in [0.5, 0.6) is 0 Å². The van der Waals surface area contributed by atoms with Crippen LogP contribution in [-0.2, 0) is 6.54 Å². The summed E-state index contributed by atoms with van der Waals surface area (Å²) in [6.45, 7) is 2.25. The molecule has 0 aromatic heterocycles. The molecule has 2 N–H and O–H groups in total. The van der Waals surface area contributed by atoms with Crippen LogP contribution in [-0.4, -0.2) is 13.0 Å². The van der Waals surface area contributed by atoms with Gasteiger partial charge in [0.05, 0.1) is 10.6 Å². The molecule has 1 amide bonds. The summed E-state index contributed by atoms with van der Waals surface area (Å²) in [5.74, 6) is -0.515. The number of hydrogen-bond donors (Lipinski definition) is 2. The van der Waals surface area contributed by atoms with Crippen molar-refractivity contribution in [1.29, 1.82) is 0 Å². The van der Waals surface area contributed by atoms with Crippen molar-refractivity contribution >= 4 is 23.2 Å². The van der Waals surface area contributed by atoms with Crippen LogP contribution in [0.15, 0.2) is 36.4 Å². The Hall–Kier alpha value is -2.07. The molecule has 0 saturated heterocycles. The number of hydrogen-bond acceptors (Lipinski definition) is 2. The van der Waals surface area contributed by atoms with Crippen molar-refractivity contribution in [2.75, 3.05) is 12.4 Å². The molecule has 0 radical (unpaired) electrons.